The van der Waals surface area contributed by atoms with E-state index in [0.29, 0.717) is 24.7 Å². The number of ether oxygens (including phenoxy) is 1. The average Bonchev–Trinajstić information content (AvgIpc) is 3.58. The fraction of sp³-hybridized carbons (Fsp3) is 0.375. The van der Waals surface area contributed by atoms with Gasteiger partial charge in [-0.2, -0.15) is 19.7 Å². The van der Waals surface area contributed by atoms with Crippen molar-refractivity contribution in [3.63, 3.8) is 0 Å². The molecule has 1 unspecified atom stereocenters. The van der Waals surface area contributed by atoms with Gasteiger partial charge in [-0.05, 0) is 37.1 Å². The Labute approximate surface area is 197 Å². The Kier molecular flexibility index (Phi) is 5.97. The van der Waals surface area contributed by atoms with Gasteiger partial charge in [0.25, 0.3) is 0 Å². The number of rotatable bonds is 7. The van der Waals surface area contributed by atoms with Gasteiger partial charge in [-0.25, -0.2) is 14.5 Å². The summed E-state index contributed by atoms with van der Waals surface area (Å²) in [4.78, 5) is 24.1. The maximum atomic E-state index is 13.0. The second kappa shape index (κ2) is 9.22. The Morgan fingerprint density at radius 2 is 2.06 bits per heavy atom. The van der Waals surface area contributed by atoms with Gasteiger partial charge in [-0.3, -0.25) is 0 Å². The molecule has 4 aromatic rings. The fourth-order valence-electron chi connectivity index (χ4n) is 4.17. The first-order valence-corrected chi connectivity index (χ1v) is 11.5. The van der Waals surface area contributed by atoms with Crippen LogP contribution in [0.4, 0.5) is 5.95 Å². The Bertz CT molecular complexity index is 1300. The molecule has 1 aliphatic rings. The number of hydrogen-bond acceptors (Lipinski definition) is 8. The quantitative estimate of drug-likeness (QED) is 0.420. The van der Waals surface area contributed by atoms with Gasteiger partial charge in [0.2, 0.25) is 11.8 Å². The van der Waals surface area contributed by atoms with Crippen molar-refractivity contribution in [3.05, 3.63) is 65.9 Å². The third kappa shape index (κ3) is 4.36. The molecular formula is C24H28N8O2. The van der Waals surface area contributed by atoms with Crippen LogP contribution in [0.25, 0.3) is 11.3 Å². The van der Waals surface area contributed by atoms with Crippen LogP contribution in [0.3, 0.4) is 0 Å². The van der Waals surface area contributed by atoms with E-state index in [2.05, 4.69) is 44.2 Å². The molecule has 4 heterocycles. The molecule has 1 N–H and O–H groups in total. The largest absolute Gasteiger partial charge is 0.455 e. The molecule has 0 amide bonds. The van der Waals surface area contributed by atoms with Crippen LogP contribution < -0.4 is 5.32 Å². The van der Waals surface area contributed by atoms with E-state index >= 15 is 0 Å². The molecule has 1 aliphatic heterocycles. The summed E-state index contributed by atoms with van der Waals surface area (Å²) in [5.41, 5.74) is 3.52. The Morgan fingerprint density at radius 3 is 2.79 bits per heavy atom. The highest BCUT2D eigenvalue weighted by molar-refractivity contribution is 5.86. The minimum Gasteiger partial charge on any atom is -0.455 e. The first-order valence-electron chi connectivity index (χ1n) is 11.5. The highest BCUT2D eigenvalue weighted by atomic mass is 16.5. The van der Waals surface area contributed by atoms with Crippen molar-refractivity contribution in [2.45, 2.75) is 38.8 Å². The summed E-state index contributed by atoms with van der Waals surface area (Å²) in [7, 11) is 2.01. The first-order chi connectivity index (χ1) is 16.5. The summed E-state index contributed by atoms with van der Waals surface area (Å²) in [6.07, 6.45) is 6.08. The minimum atomic E-state index is -0.515. The van der Waals surface area contributed by atoms with Crippen LogP contribution in [-0.4, -0.2) is 66.5 Å². The molecule has 34 heavy (non-hydrogen) atoms. The number of fused-ring (bicyclic) bond motifs is 1. The molecule has 1 aromatic carbocycles. The molecule has 0 radical (unpaired) electrons. The first kappa shape index (κ1) is 22.0. The van der Waals surface area contributed by atoms with Crippen LogP contribution in [0.2, 0.25) is 0 Å². The van der Waals surface area contributed by atoms with Gasteiger partial charge >= 0.3 is 5.97 Å². The molecule has 0 bridgehead atoms. The summed E-state index contributed by atoms with van der Waals surface area (Å²) in [6.45, 7) is 6.21. The van der Waals surface area contributed by atoms with Crippen LogP contribution in [0.15, 0.2) is 48.9 Å². The summed E-state index contributed by atoms with van der Waals surface area (Å²) in [5, 5.41) is 12.2. The van der Waals surface area contributed by atoms with E-state index in [1.165, 1.54) is 0 Å². The third-order valence-corrected chi connectivity index (χ3v) is 6.00. The number of nitrogens with one attached hydrogen (secondary N) is 1. The molecule has 0 spiro atoms. The molecular weight excluding hydrogens is 432 g/mol. The summed E-state index contributed by atoms with van der Waals surface area (Å²) >= 11 is 0. The number of para-hydroxylation sites is 1. The van der Waals surface area contributed by atoms with E-state index in [1.807, 2.05) is 48.3 Å². The van der Waals surface area contributed by atoms with Gasteiger partial charge in [0.05, 0.1) is 11.9 Å². The van der Waals surface area contributed by atoms with Crippen LogP contribution in [0.5, 0.6) is 0 Å². The topological polar surface area (TPSA) is 102 Å². The second-order valence-electron chi connectivity index (χ2n) is 8.87. The number of carbonyl (C=O) groups excluding carboxylic acids is 1. The summed E-state index contributed by atoms with van der Waals surface area (Å²) in [6, 6.07) is 9.87. The number of anilines is 1. The van der Waals surface area contributed by atoms with Crippen molar-refractivity contribution >= 4 is 17.6 Å². The van der Waals surface area contributed by atoms with E-state index in [-0.39, 0.29) is 17.8 Å². The van der Waals surface area contributed by atoms with Crippen molar-refractivity contribution in [3.8, 4) is 5.69 Å². The number of hydrogen-bond donors (Lipinski definition) is 1. The zero-order valence-electron chi connectivity index (χ0n) is 19.5. The van der Waals surface area contributed by atoms with Gasteiger partial charge in [0.1, 0.15) is 6.10 Å². The number of aromatic nitrogens is 6. The van der Waals surface area contributed by atoms with Gasteiger partial charge in [-0.1, -0.05) is 32.0 Å². The summed E-state index contributed by atoms with van der Waals surface area (Å²) < 4.78 is 9.17. The zero-order valence-corrected chi connectivity index (χ0v) is 19.5. The standard InChI is InChI=1S/C24H28N8O2/c1-16(2)19-14-27-32-22(19)28-21(23(33)34-18-9-12-30(3)15-18)29-24(32)25-13-17-7-4-5-8-20(17)31-11-6-10-26-31/h4-8,10-11,14,16,18H,9,12-13,15H2,1-3H3,(H,25,28,29). The van der Waals surface area contributed by atoms with E-state index in [9.17, 15) is 4.79 Å². The van der Waals surface area contributed by atoms with Crippen LogP contribution in [0, 0.1) is 0 Å². The number of likely N-dealkylation sites (N-methyl/N-ethyl adjacent to an activating group) is 1. The lowest BCUT2D eigenvalue weighted by Gasteiger charge is -2.14. The lowest BCUT2D eigenvalue weighted by Crippen LogP contribution is -2.24. The summed E-state index contributed by atoms with van der Waals surface area (Å²) in [5.74, 6) is 0.141. The number of nitrogens with zero attached hydrogens (tertiary/aromatic N) is 7. The molecule has 5 rings (SSSR count). The Hall–Kier alpha value is -3.79. The van der Waals surface area contributed by atoms with Gasteiger partial charge in [0, 0.05) is 37.6 Å². The highest BCUT2D eigenvalue weighted by Crippen LogP contribution is 2.22. The molecule has 10 nitrogen and oxygen atoms in total. The number of benzene rings is 1. The molecule has 10 heteroatoms. The molecule has 1 atom stereocenters. The van der Waals surface area contributed by atoms with Crippen LogP contribution in [0.1, 0.15) is 47.9 Å². The number of likely N-dealkylation sites (tertiary alicyclic amines) is 1. The molecule has 3 aromatic heterocycles. The molecule has 1 saturated heterocycles. The number of esters is 1. The lowest BCUT2D eigenvalue weighted by molar-refractivity contribution is 0.0313. The van der Waals surface area contributed by atoms with Crippen molar-refractivity contribution in [2.24, 2.45) is 0 Å². The van der Waals surface area contributed by atoms with Gasteiger partial charge in [-0.15, -0.1) is 0 Å². The van der Waals surface area contributed by atoms with E-state index in [1.54, 1.807) is 16.9 Å². The maximum Gasteiger partial charge on any atom is 0.376 e. The predicted molar refractivity (Wildman–Crippen MR) is 127 cm³/mol. The predicted octanol–water partition coefficient (Wildman–Crippen LogP) is 2.91. The SMILES string of the molecule is CC(C)c1cnn2c(NCc3ccccc3-n3cccn3)nc(C(=O)OC3CCN(C)C3)nc12. The van der Waals surface area contributed by atoms with E-state index in [0.717, 1.165) is 29.8 Å². The van der Waals surface area contributed by atoms with Crippen LogP contribution >= 0.6 is 0 Å². The van der Waals surface area contributed by atoms with Crippen molar-refractivity contribution < 1.29 is 9.53 Å². The van der Waals surface area contributed by atoms with Crippen molar-refractivity contribution in [1.29, 1.82) is 0 Å². The molecule has 0 saturated carbocycles. The van der Waals surface area contributed by atoms with Crippen LogP contribution in [-0.2, 0) is 11.3 Å². The Morgan fingerprint density at radius 1 is 1.21 bits per heavy atom. The minimum absolute atomic E-state index is 0.0346. The lowest BCUT2D eigenvalue weighted by atomic mass is 10.1. The average molecular weight is 461 g/mol. The smallest absolute Gasteiger partial charge is 0.376 e. The normalized spacial score (nSPS) is 16.4. The molecule has 1 fully saturated rings. The highest BCUT2D eigenvalue weighted by Gasteiger charge is 2.26. The zero-order chi connectivity index (χ0) is 23.7. The molecule has 0 aliphatic carbocycles. The fourth-order valence-corrected chi connectivity index (χ4v) is 4.17. The second-order valence-corrected chi connectivity index (χ2v) is 8.87. The monoisotopic (exact) mass is 460 g/mol. The molecule has 176 valence electrons. The Balaban J connectivity index is 1.46. The third-order valence-electron chi connectivity index (χ3n) is 6.00. The number of carbonyl (C=O) groups is 1. The van der Waals surface area contributed by atoms with Gasteiger partial charge in [0.15, 0.2) is 5.65 Å². The van der Waals surface area contributed by atoms with Gasteiger partial charge < -0.3 is 15.0 Å². The van der Waals surface area contributed by atoms with E-state index < -0.39 is 5.97 Å². The van der Waals surface area contributed by atoms with E-state index in [4.69, 9.17) is 4.74 Å². The maximum absolute atomic E-state index is 13.0. The van der Waals surface area contributed by atoms with Crippen molar-refractivity contribution in [1.82, 2.24) is 34.3 Å². The van der Waals surface area contributed by atoms with Crippen molar-refractivity contribution in [2.75, 3.05) is 25.5 Å².